The minimum absolute atomic E-state index is 0.00729. The Balaban J connectivity index is 1.69. The van der Waals surface area contributed by atoms with E-state index in [4.69, 9.17) is 5.73 Å². The summed E-state index contributed by atoms with van der Waals surface area (Å²) in [6.45, 7) is 3.87. The fourth-order valence-corrected chi connectivity index (χ4v) is 2.54. The minimum Gasteiger partial charge on any atom is -0.378 e. The summed E-state index contributed by atoms with van der Waals surface area (Å²) in [7, 11) is 0. The highest BCUT2D eigenvalue weighted by Gasteiger charge is 2.31. The standard InChI is InChI=1S/C12H17N5O2/c13-12-10(17(18)19)3-4-11(14-12)16-7-5-15(6-8-16)9-1-2-9/h3-4,9H,1-2,5-8H2,(H2,13,14). The summed E-state index contributed by atoms with van der Waals surface area (Å²) in [5.74, 6) is 0.727. The Morgan fingerprint density at radius 2 is 1.95 bits per heavy atom. The Morgan fingerprint density at radius 1 is 1.26 bits per heavy atom. The summed E-state index contributed by atoms with van der Waals surface area (Å²) in [6.07, 6.45) is 2.64. The lowest BCUT2D eigenvalue weighted by molar-refractivity contribution is -0.384. The molecule has 0 spiro atoms. The lowest BCUT2D eigenvalue weighted by Crippen LogP contribution is -2.47. The fourth-order valence-electron chi connectivity index (χ4n) is 2.54. The molecule has 2 fully saturated rings. The number of aromatic nitrogens is 1. The molecule has 0 radical (unpaired) electrons. The molecule has 1 aliphatic carbocycles. The molecule has 3 rings (SSSR count). The summed E-state index contributed by atoms with van der Waals surface area (Å²) in [5.41, 5.74) is 5.50. The van der Waals surface area contributed by atoms with Crippen molar-refractivity contribution in [1.29, 1.82) is 0 Å². The zero-order valence-corrected chi connectivity index (χ0v) is 10.7. The van der Waals surface area contributed by atoms with Gasteiger partial charge < -0.3 is 10.6 Å². The molecule has 2 heterocycles. The third-order valence-electron chi connectivity index (χ3n) is 3.79. The molecule has 1 saturated heterocycles. The van der Waals surface area contributed by atoms with E-state index in [9.17, 15) is 10.1 Å². The normalized spacial score (nSPS) is 20.5. The molecule has 7 heteroatoms. The maximum atomic E-state index is 10.7. The highest BCUT2D eigenvalue weighted by molar-refractivity contribution is 5.58. The zero-order valence-electron chi connectivity index (χ0n) is 10.7. The van der Waals surface area contributed by atoms with Crippen LogP contribution in [0.25, 0.3) is 0 Å². The highest BCUT2D eigenvalue weighted by Crippen LogP contribution is 2.29. The first-order valence-electron chi connectivity index (χ1n) is 6.55. The first-order chi connectivity index (χ1) is 9.15. The lowest BCUT2D eigenvalue weighted by atomic mass is 10.3. The Hall–Kier alpha value is -1.89. The fraction of sp³-hybridized carbons (Fsp3) is 0.583. The van der Waals surface area contributed by atoms with Gasteiger partial charge in [0.2, 0.25) is 5.82 Å². The maximum Gasteiger partial charge on any atom is 0.311 e. The van der Waals surface area contributed by atoms with Gasteiger partial charge in [0, 0.05) is 38.3 Å². The van der Waals surface area contributed by atoms with Gasteiger partial charge >= 0.3 is 5.69 Å². The topological polar surface area (TPSA) is 88.5 Å². The van der Waals surface area contributed by atoms with Crippen LogP contribution in [0.4, 0.5) is 17.3 Å². The number of anilines is 2. The van der Waals surface area contributed by atoms with Crippen LogP contribution in [0.5, 0.6) is 0 Å². The molecule has 19 heavy (non-hydrogen) atoms. The van der Waals surface area contributed by atoms with E-state index in [1.807, 2.05) is 0 Å². The number of hydrogen-bond donors (Lipinski definition) is 1. The number of hydrogen-bond acceptors (Lipinski definition) is 6. The summed E-state index contributed by atoms with van der Waals surface area (Å²) < 4.78 is 0. The van der Waals surface area contributed by atoms with Crippen LogP contribution in [0.3, 0.4) is 0 Å². The van der Waals surface area contributed by atoms with E-state index in [2.05, 4.69) is 14.8 Å². The minimum atomic E-state index is -0.503. The second-order valence-corrected chi connectivity index (χ2v) is 5.09. The van der Waals surface area contributed by atoms with Crippen molar-refractivity contribution in [1.82, 2.24) is 9.88 Å². The number of nitro groups is 1. The molecule has 102 valence electrons. The van der Waals surface area contributed by atoms with Gasteiger partial charge in [-0.3, -0.25) is 15.0 Å². The Bertz CT molecular complexity index is 495. The van der Waals surface area contributed by atoms with Crippen molar-refractivity contribution in [3.05, 3.63) is 22.2 Å². The highest BCUT2D eigenvalue weighted by atomic mass is 16.6. The molecule has 2 aliphatic rings. The molecule has 0 atom stereocenters. The summed E-state index contributed by atoms with van der Waals surface area (Å²) in [4.78, 5) is 19.0. The van der Waals surface area contributed by atoms with Gasteiger partial charge in [0.05, 0.1) is 4.92 Å². The third-order valence-corrected chi connectivity index (χ3v) is 3.79. The summed E-state index contributed by atoms with van der Waals surface area (Å²) >= 11 is 0. The van der Waals surface area contributed by atoms with Gasteiger partial charge in [-0.25, -0.2) is 4.98 Å². The average Bonchev–Trinajstić information content (AvgIpc) is 3.22. The molecule has 1 aromatic rings. The largest absolute Gasteiger partial charge is 0.378 e. The smallest absolute Gasteiger partial charge is 0.311 e. The quantitative estimate of drug-likeness (QED) is 0.642. The first-order valence-corrected chi connectivity index (χ1v) is 6.55. The zero-order chi connectivity index (χ0) is 13.4. The van der Waals surface area contributed by atoms with Crippen molar-refractivity contribution in [3.8, 4) is 0 Å². The Morgan fingerprint density at radius 3 is 2.47 bits per heavy atom. The van der Waals surface area contributed by atoms with Crippen LogP contribution in [0.1, 0.15) is 12.8 Å². The molecule has 1 aliphatic heterocycles. The number of nitrogen functional groups attached to an aromatic ring is 1. The van der Waals surface area contributed by atoms with Crippen LogP contribution < -0.4 is 10.6 Å². The molecule has 1 saturated carbocycles. The van der Waals surface area contributed by atoms with Gasteiger partial charge in [0.25, 0.3) is 0 Å². The molecule has 7 nitrogen and oxygen atoms in total. The van der Waals surface area contributed by atoms with Crippen LogP contribution in [0.2, 0.25) is 0 Å². The molecule has 0 aromatic carbocycles. The number of nitrogens with two attached hydrogens (primary N) is 1. The van der Waals surface area contributed by atoms with Crippen molar-refractivity contribution in [2.45, 2.75) is 18.9 Å². The Labute approximate surface area is 111 Å². The second kappa shape index (κ2) is 4.65. The van der Waals surface area contributed by atoms with Gasteiger partial charge in [0.15, 0.2) is 0 Å². The maximum absolute atomic E-state index is 10.7. The van der Waals surface area contributed by atoms with Crippen molar-refractivity contribution >= 4 is 17.3 Å². The van der Waals surface area contributed by atoms with E-state index in [0.717, 1.165) is 38.0 Å². The van der Waals surface area contributed by atoms with Gasteiger partial charge in [-0.2, -0.15) is 0 Å². The molecule has 0 unspecified atom stereocenters. The molecule has 0 bridgehead atoms. The van der Waals surface area contributed by atoms with Crippen molar-refractivity contribution in [2.75, 3.05) is 36.8 Å². The van der Waals surface area contributed by atoms with Crippen LogP contribution in [0, 0.1) is 10.1 Å². The first kappa shape index (κ1) is 12.2. The molecule has 2 N–H and O–H groups in total. The van der Waals surface area contributed by atoms with Crippen molar-refractivity contribution in [3.63, 3.8) is 0 Å². The van der Waals surface area contributed by atoms with E-state index < -0.39 is 4.92 Å². The van der Waals surface area contributed by atoms with E-state index in [1.54, 1.807) is 6.07 Å². The SMILES string of the molecule is Nc1nc(N2CCN(C3CC3)CC2)ccc1[N+](=O)[O-]. The van der Waals surface area contributed by atoms with Gasteiger partial charge in [-0.1, -0.05) is 0 Å². The van der Waals surface area contributed by atoms with Gasteiger partial charge in [0.1, 0.15) is 5.82 Å². The third kappa shape index (κ3) is 2.46. The number of nitrogens with zero attached hydrogens (tertiary/aromatic N) is 4. The second-order valence-electron chi connectivity index (χ2n) is 5.09. The molecule has 1 aromatic heterocycles. The van der Waals surface area contributed by atoms with E-state index in [-0.39, 0.29) is 11.5 Å². The van der Waals surface area contributed by atoms with E-state index >= 15 is 0 Å². The monoisotopic (exact) mass is 263 g/mol. The van der Waals surface area contributed by atoms with Gasteiger partial charge in [-0.15, -0.1) is 0 Å². The average molecular weight is 263 g/mol. The molecular weight excluding hydrogens is 246 g/mol. The van der Waals surface area contributed by atoms with Crippen molar-refractivity contribution in [2.24, 2.45) is 0 Å². The predicted molar refractivity (Wildman–Crippen MR) is 72.1 cm³/mol. The summed E-state index contributed by atoms with van der Waals surface area (Å²) in [5, 5.41) is 10.7. The summed E-state index contributed by atoms with van der Waals surface area (Å²) in [6, 6.07) is 3.91. The van der Waals surface area contributed by atoms with E-state index in [0.29, 0.717) is 0 Å². The predicted octanol–water partition coefficient (Wildman–Crippen LogP) is 0.856. The van der Waals surface area contributed by atoms with Crippen LogP contribution in [-0.2, 0) is 0 Å². The van der Waals surface area contributed by atoms with Gasteiger partial charge in [-0.05, 0) is 18.9 Å². The molecule has 0 amide bonds. The Kier molecular flexibility index (Phi) is 2.98. The van der Waals surface area contributed by atoms with E-state index in [1.165, 1.54) is 18.9 Å². The number of pyridine rings is 1. The van der Waals surface area contributed by atoms with Crippen LogP contribution >= 0.6 is 0 Å². The number of piperazine rings is 1. The van der Waals surface area contributed by atoms with Crippen LogP contribution in [-0.4, -0.2) is 47.0 Å². The van der Waals surface area contributed by atoms with Crippen molar-refractivity contribution < 1.29 is 4.92 Å². The van der Waals surface area contributed by atoms with Crippen LogP contribution in [0.15, 0.2) is 12.1 Å². The molecular formula is C12H17N5O2. The number of rotatable bonds is 3. The lowest BCUT2D eigenvalue weighted by Gasteiger charge is -2.35.